The maximum Gasteiger partial charge on any atom is 0.0406 e. The van der Waals surface area contributed by atoms with Gasteiger partial charge in [-0.1, -0.05) is 104 Å². The molecule has 4 aromatic rings. The second-order valence-corrected chi connectivity index (χ2v) is 8.70. The molecular formula is C34H31Cl. The van der Waals surface area contributed by atoms with Gasteiger partial charge in [0.15, 0.2) is 0 Å². The van der Waals surface area contributed by atoms with Crippen molar-refractivity contribution in [2.24, 2.45) is 0 Å². The van der Waals surface area contributed by atoms with E-state index in [2.05, 4.69) is 86.1 Å². The van der Waals surface area contributed by atoms with Gasteiger partial charge >= 0.3 is 0 Å². The summed E-state index contributed by atoms with van der Waals surface area (Å²) in [7, 11) is 0. The molecule has 0 spiro atoms. The largest absolute Gasteiger partial charge is 0.0843 e. The molecule has 0 nitrogen and oxygen atoms in total. The van der Waals surface area contributed by atoms with Crippen molar-refractivity contribution in [3.63, 3.8) is 0 Å². The summed E-state index contributed by atoms with van der Waals surface area (Å²) in [5.74, 6) is 12.6. The predicted molar refractivity (Wildman–Crippen MR) is 151 cm³/mol. The zero-order chi connectivity index (χ0) is 24.7. The molecule has 0 fully saturated rings. The fourth-order valence-electron chi connectivity index (χ4n) is 3.43. The molecule has 0 heterocycles. The number of aryl methyl sites for hydroxylation is 2. The first kappa shape index (κ1) is 25.9. The van der Waals surface area contributed by atoms with Crippen molar-refractivity contribution in [3.05, 3.63) is 142 Å². The molecule has 35 heavy (non-hydrogen) atoms. The third kappa shape index (κ3) is 9.59. The smallest absolute Gasteiger partial charge is 0.0406 e. The summed E-state index contributed by atoms with van der Waals surface area (Å²) in [4.78, 5) is 0. The van der Waals surface area contributed by atoms with E-state index in [-0.39, 0.29) is 0 Å². The lowest BCUT2D eigenvalue weighted by Crippen LogP contribution is -1.83. The molecule has 0 aliphatic heterocycles. The Morgan fingerprint density at radius 2 is 0.800 bits per heavy atom. The van der Waals surface area contributed by atoms with Gasteiger partial charge in [0.2, 0.25) is 0 Å². The zero-order valence-electron chi connectivity index (χ0n) is 20.5. The number of hydrogen-bond acceptors (Lipinski definition) is 0. The van der Waals surface area contributed by atoms with Crippen LogP contribution in [0.1, 0.15) is 60.1 Å². The average molecular weight is 475 g/mol. The van der Waals surface area contributed by atoms with Gasteiger partial charge in [-0.25, -0.2) is 0 Å². The summed E-state index contributed by atoms with van der Waals surface area (Å²) in [5, 5.41) is 0.740. The van der Waals surface area contributed by atoms with Crippen LogP contribution < -0.4 is 0 Å². The van der Waals surface area contributed by atoms with Gasteiger partial charge in [0, 0.05) is 27.3 Å². The molecule has 4 aromatic carbocycles. The van der Waals surface area contributed by atoms with Crippen molar-refractivity contribution in [1.82, 2.24) is 0 Å². The maximum absolute atomic E-state index is 5.83. The monoisotopic (exact) mass is 474 g/mol. The Kier molecular flexibility index (Phi) is 10.8. The molecule has 4 rings (SSSR count). The Bertz CT molecular complexity index is 1280. The van der Waals surface area contributed by atoms with Crippen LogP contribution in [0.25, 0.3) is 0 Å². The van der Waals surface area contributed by atoms with Gasteiger partial charge in [-0.15, -0.1) is 0 Å². The molecule has 174 valence electrons. The quantitative estimate of drug-likeness (QED) is 0.259. The molecule has 0 saturated carbocycles. The van der Waals surface area contributed by atoms with E-state index in [1.807, 2.05) is 54.6 Å². The summed E-state index contributed by atoms with van der Waals surface area (Å²) < 4.78 is 0. The van der Waals surface area contributed by atoms with Gasteiger partial charge in [0.25, 0.3) is 0 Å². The SMILES string of the molecule is CCCc1ccc(C#Cc2ccc(Cl)cc2)cc1.CCCc1ccc(C#Cc2ccccc2)cc1. The van der Waals surface area contributed by atoms with Crippen LogP contribution >= 0.6 is 11.6 Å². The second-order valence-electron chi connectivity index (χ2n) is 8.27. The summed E-state index contributed by atoms with van der Waals surface area (Å²) >= 11 is 5.83. The van der Waals surface area contributed by atoms with E-state index in [1.54, 1.807) is 0 Å². The van der Waals surface area contributed by atoms with Gasteiger partial charge in [-0.05, 0) is 84.6 Å². The molecule has 0 unspecified atom stereocenters. The first-order valence-corrected chi connectivity index (χ1v) is 12.6. The minimum Gasteiger partial charge on any atom is -0.0843 e. The van der Waals surface area contributed by atoms with E-state index in [0.29, 0.717) is 0 Å². The van der Waals surface area contributed by atoms with E-state index in [9.17, 15) is 0 Å². The van der Waals surface area contributed by atoms with Crippen LogP contribution in [0.5, 0.6) is 0 Å². The highest BCUT2D eigenvalue weighted by atomic mass is 35.5. The molecule has 0 aromatic heterocycles. The van der Waals surface area contributed by atoms with E-state index in [0.717, 1.165) is 40.1 Å². The van der Waals surface area contributed by atoms with Gasteiger partial charge in [0.05, 0.1) is 0 Å². The van der Waals surface area contributed by atoms with Crippen LogP contribution in [-0.2, 0) is 12.8 Å². The Hall–Kier alpha value is -3.71. The lowest BCUT2D eigenvalue weighted by molar-refractivity contribution is 0.922. The van der Waals surface area contributed by atoms with Gasteiger partial charge in [-0.2, -0.15) is 0 Å². The van der Waals surface area contributed by atoms with Gasteiger partial charge in [-0.3, -0.25) is 0 Å². The molecular weight excluding hydrogens is 444 g/mol. The standard InChI is InChI=1S/C17H15Cl.C17H16/c1-2-3-14-4-6-15(7-5-14)8-9-16-10-12-17(18)13-11-16;1-2-6-15-9-12-17(13-10-15)14-11-16-7-4-3-5-8-16/h4-7,10-13H,2-3H2,1H3;3-5,7-10,12-13H,2,6H2,1H3. The molecule has 0 amide bonds. The Labute approximate surface area is 216 Å². The summed E-state index contributed by atoms with van der Waals surface area (Å²) in [6.07, 6.45) is 4.64. The lowest BCUT2D eigenvalue weighted by atomic mass is 10.1. The second kappa shape index (κ2) is 14.5. The Balaban J connectivity index is 0.000000196. The fraction of sp³-hybridized carbons (Fsp3) is 0.176. The van der Waals surface area contributed by atoms with Crippen LogP contribution in [0, 0.1) is 23.7 Å². The van der Waals surface area contributed by atoms with Crippen LogP contribution in [0.15, 0.2) is 103 Å². The van der Waals surface area contributed by atoms with E-state index in [1.165, 1.54) is 24.0 Å². The average Bonchev–Trinajstić information content (AvgIpc) is 2.90. The summed E-state index contributed by atoms with van der Waals surface area (Å²) in [6, 6.07) is 34.6. The van der Waals surface area contributed by atoms with Crippen molar-refractivity contribution >= 4 is 11.6 Å². The predicted octanol–water partition coefficient (Wildman–Crippen LogP) is 8.73. The summed E-state index contributed by atoms with van der Waals surface area (Å²) in [6.45, 7) is 4.39. The van der Waals surface area contributed by atoms with Crippen LogP contribution in [0.2, 0.25) is 5.02 Å². The fourth-order valence-corrected chi connectivity index (χ4v) is 3.56. The highest BCUT2D eigenvalue weighted by Gasteiger charge is 1.92. The molecule has 0 bridgehead atoms. The van der Waals surface area contributed by atoms with Crippen molar-refractivity contribution in [2.75, 3.05) is 0 Å². The number of halogens is 1. The van der Waals surface area contributed by atoms with Crippen molar-refractivity contribution < 1.29 is 0 Å². The first-order valence-electron chi connectivity index (χ1n) is 12.2. The highest BCUT2D eigenvalue weighted by Crippen LogP contribution is 2.10. The maximum atomic E-state index is 5.83. The molecule has 1 heteroatoms. The molecule has 0 N–H and O–H groups in total. The minimum absolute atomic E-state index is 0.740. The minimum atomic E-state index is 0.740. The molecule has 0 saturated heterocycles. The topological polar surface area (TPSA) is 0 Å². The zero-order valence-corrected chi connectivity index (χ0v) is 21.3. The molecule has 0 aliphatic carbocycles. The Morgan fingerprint density at radius 3 is 1.17 bits per heavy atom. The molecule has 0 atom stereocenters. The molecule has 0 aliphatic rings. The van der Waals surface area contributed by atoms with Gasteiger partial charge < -0.3 is 0 Å². The van der Waals surface area contributed by atoms with Crippen LogP contribution in [0.3, 0.4) is 0 Å². The van der Waals surface area contributed by atoms with Crippen LogP contribution in [0.4, 0.5) is 0 Å². The van der Waals surface area contributed by atoms with Crippen molar-refractivity contribution in [1.29, 1.82) is 0 Å². The van der Waals surface area contributed by atoms with Gasteiger partial charge in [0.1, 0.15) is 0 Å². The van der Waals surface area contributed by atoms with Crippen molar-refractivity contribution in [3.8, 4) is 23.7 Å². The highest BCUT2D eigenvalue weighted by molar-refractivity contribution is 6.30. The number of hydrogen-bond donors (Lipinski definition) is 0. The van der Waals surface area contributed by atoms with E-state index in [4.69, 9.17) is 11.6 Å². The summed E-state index contributed by atoms with van der Waals surface area (Å²) in [5.41, 5.74) is 6.92. The van der Waals surface area contributed by atoms with Crippen molar-refractivity contribution in [2.45, 2.75) is 39.5 Å². The molecule has 0 radical (unpaired) electrons. The van der Waals surface area contributed by atoms with Crippen LogP contribution in [-0.4, -0.2) is 0 Å². The lowest BCUT2D eigenvalue weighted by Gasteiger charge is -1.97. The number of rotatable bonds is 4. The van der Waals surface area contributed by atoms with E-state index < -0.39 is 0 Å². The normalized spacial score (nSPS) is 9.57. The number of benzene rings is 4. The first-order chi connectivity index (χ1) is 17.2. The Morgan fingerprint density at radius 1 is 0.457 bits per heavy atom. The third-order valence-electron chi connectivity index (χ3n) is 5.31. The third-order valence-corrected chi connectivity index (χ3v) is 5.56. The van der Waals surface area contributed by atoms with E-state index >= 15 is 0 Å².